The Morgan fingerprint density at radius 2 is 1.86 bits per heavy atom. The van der Waals surface area contributed by atoms with Gasteiger partial charge in [-0.1, -0.05) is 18.2 Å². The van der Waals surface area contributed by atoms with E-state index in [1.807, 2.05) is 17.5 Å². The Hall–Kier alpha value is -2.93. The number of halogens is 1. The van der Waals surface area contributed by atoms with E-state index < -0.39 is 24.5 Å². The van der Waals surface area contributed by atoms with Crippen molar-refractivity contribution < 1.29 is 23.1 Å². The van der Waals surface area contributed by atoms with Crippen LogP contribution >= 0.6 is 11.3 Å². The zero-order valence-corrected chi connectivity index (χ0v) is 16.6. The summed E-state index contributed by atoms with van der Waals surface area (Å²) in [6, 6.07) is 9.22. The smallest absolute Gasteiger partial charge is 0.342 e. The number of carbonyl (C=O) groups is 2. The molecule has 0 bridgehead atoms. The van der Waals surface area contributed by atoms with Crippen molar-refractivity contribution in [2.45, 2.75) is 26.8 Å². The minimum atomic E-state index is -0.601. The topological polar surface area (TPSA) is 68.5 Å². The van der Waals surface area contributed by atoms with E-state index in [1.165, 1.54) is 23.5 Å². The van der Waals surface area contributed by atoms with Crippen molar-refractivity contribution in [2.75, 3.05) is 6.61 Å². The summed E-state index contributed by atoms with van der Waals surface area (Å²) in [6.07, 6.45) is 0. The van der Waals surface area contributed by atoms with Crippen LogP contribution in [0, 0.1) is 26.6 Å². The lowest BCUT2D eigenvalue weighted by molar-refractivity contribution is -0.124. The molecule has 0 spiro atoms. The molecular formula is C21H20FNO4S. The Balaban J connectivity index is 1.69. The number of nitrogens with one attached hydrogen (secondary N) is 1. The van der Waals surface area contributed by atoms with Gasteiger partial charge in [0, 0.05) is 10.4 Å². The quantitative estimate of drug-likeness (QED) is 0.619. The van der Waals surface area contributed by atoms with Crippen molar-refractivity contribution in [3.63, 3.8) is 0 Å². The van der Waals surface area contributed by atoms with Crippen LogP contribution in [0.2, 0.25) is 0 Å². The van der Waals surface area contributed by atoms with E-state index in [4.69, 9.17) is 9.15 Å². The van der Waals surface area contributed by atoms with Crippen molar-refractivity contribution in [3.05, 3.63) is 80.7 Å². The van der Waals surface area contributed by atoms with Crippen LogP contribution in [0.5, 0.6) is 0 Å². The highest BCUT2D eigenvalue weighted by Gasteiger charge is 2.22. The number of thiophene rings is 1. The first-order valence-electron chi connectivity index (χ1n) is 8.68. The third-order valence-corrected chi connectivity index (χ3v) is 5.37. The molecule has 0 fully saturated rings. The number of esters is 1. The van der Waals surface area contributed by atoms with Gasteiger partial charge < -0.3 is 14.5 Å². The minimum Gasteiger partial charge on any atom is -0.465 e. The van der Waals surface area contributed by atoms with Crippen LogP contribution < -0.4 is 5.32 Å². The van der Waals surface area contributed by atoms with Crippen molar-refractivity contribution in [1.82, 2.24) is 5.32 Å². The molecule has 0 saturated heterocycles. The summed E-state index contributed by atoms with van der Waals surface area (Å²) in [7, 11) is 0. The van der Waals surface area contributed by atoms with Gasteiger partial charge in [-0.05, 0) is 49.9 Å². The van der Waals surface area contributed by atoms with Crippen LogP contribution in [0.1, 0.15) is 43.9 Å². The lowest BCUT2D eigenvalue weighted by atomic mass is 10.1. The molecule has 1 aromatic carbocycles. The Morgan fingerprint density at radius 1 is 1.14 bits per heavy atom. The van der Waals surface area contributed by atoms with Gasteiger partial charge in [0.05, 0.1) is 6.04 Å². The second-order valence-electron chi connectivity index (χ2n) is 6.36. The van der Waals surface area contributed by atoms with Gasteiger partial charge in [-0.25, -0.2) is 9.18 Å². The molecule has 146 valence electrons. The molecular weight excluding hydrogens is 381 g/mol. The molecule has 1 N–H and O–H groups in total. The first-order valence-corrected chi connectivity index (χ1v) is 9.56. The van der Waals surface area contributed by atoms with Gasteiger partial charge in [-0.15, -0.1) is 11.3 Å². The zero-order valence-electron chi connectivity index (χ0n) is 15.7. The summed E-state index contributed by atoms with van der Waals surface area (Å²) in [5.41, 5.74) is 1.78. The Kier molecular flexibility index (Phi) is 5.94. The van der Waals surface area contributed by atoms with Gasteiger partial charge in [-0.3, -0.25) is 4.79 Å². The number of ether oxygens (including phenoxy) is 1. The third kappa shape index (κ3) is 4.31. The molecule has 2 aromatic heterocycles. The van der Waals surface area contributed by atoms with E-state index in [0.717, 1.165) is 10.4 Å². The van der Waals surface area contributed by atoms with Crippen LogP contribution in [0.15, 0.2) is 46.2 Å². The summed E-state index contributed by atoms with van der Waals surface area (Å²) in [6.45, 7) is 4.78. The molecule has 0 aliphatic carbocycles. The van der Waals surface area contributed by atoms with Crippen LogP contribution in [0.3, 0.4) is 0 Å². The highest BCUT2D eigenvalue weighted by atomic mass is 32.1. The van der Waals surface area contributed by atoms with Gasteiger partial charge in [0.15, 0.2) is 6.61 Å². The molecule has 7 heteroatoms. The maximum atomic E-state index is 13.2. The van der Waals surface area contributed by atoms with Gasteiger partial charge >= 0.3 is 5.97 Å². The SMILES string of the molecule is Cc1oc(C)c(C(=O)OCC(=O)N[C@H](c2ccc(F)cc2)c2cccs2)c1C. The lowest BCUT2D eigenvalue weighted by Gasteiger charge is -2.18. The van der Waals surface area contributed by atoms with Gasteiger partial charge in [0.25, 0.3) is 5.91 Å². The molecule has 0 saturated carbocycles. The maximum Gasteiger partial charge on any atom is 0.342 e. The summed E-state index contributed by atoms with van der Waals surface area (Å²) < 4.78 is 23.8. The first kappa shape index (κ1) is 19.8. The van der Waals surface area contributed by atoms with E-state index >= 15 is 0 Å². The largest absolute Gasteiger partial charge is 0.465 e. The predicted octanol–water partition coefficient (Wildman–Crippen LogP) is 4.47. The lowest BCUT2D eigenvalue weighted by Crippen LogP contribution is -2.32. The highest BCUT2D eigenvalue weighted by Crippen LogP contribution is 2.26. The molecule has 0 unspecified atom stereocenters. The van der Waals surface area contributed by atoms with Crippen molar-refractivity contribution in [2.24, 2.45) is 0 Å². The van der Waals surface area contributed by atoms with Crippen LogP contribution in [-0.4, -0.2) is 18.5 Å². The number of amides is 1. The second-order valence-corrected chi connectivity index (χ2v) is 7.34. The molecule has 5 nitrogen and oxygen atoms in total. The Labute approximate surface area is 166 Å². The van der Waals surface area contributed by atoms with E-state index in [1.54, 1.807) is 32.9 Å². The Bertz CT molecular complexity index is 977. The molecule has 3 rings (SSSR count). The fourth-order valence-corrected chi connectivity index (χ4v) is 3.73. The highest BCUT2D eigenvalue weighted by molar-refractivity contribution is 7.10. The zero-order chi connectivity index (χ0) is 20.3. The molecule has 1 amide bonds. The number of benzene rings is 1. The molecule has 1 atom stereocenters. The molecule has 2 heterocycles. The van der Waals surface area contributed by atoms with Crippen molar-refractivity contribution in [3.8, 4) is 0 Å². The van der Waals surface area contributed by atoms with Crippen LogP contribution in [-0.2, 0) is 9.53 Å². The summed E-state index contributed by atoms with van der Waals surface area (Å²) in [5.74, 6) is -0.302. The standard InChI is InChI=1S/C21H20FNO4S/c1-12-13(2)27-14(3)19(12)21(25)26-11-18(24)23-20(17-5-4-10-28-17)15-6-8-16(22)9-7-15/h4-10,20H,11H2,1-3H3,(H,23,24)/t20-/m1/s1. The van der Waals surface area contributed by atoms with Gasteiger partial charge in [-0.2, -0.15) is 0 Å². The average Bonchev–Trinajstić information content (AvgIpc) is 3.27. The number of rotatable bonds is 6. The predicted molar refractivity (Wildman–Crippen MR) is 104 cm³/mol. The van der Waals surface area contributed by atoms with E-state index in [9.17, 15) is 14.0 Å². The molecule has 0 aliphatic heterocycles. The number of hydrogen-bond donors (Lipinski definition) is 1. The fraction of sp³-hybridized carbons (Fsp3) is 0.238. The maximum absolute atomic E-state index is 13.2. The third-order valence-electron chi connectivity index (χ3n) is 4.44. The second kappa shape index (κ2) is 8.39. The minimum absolute atomic E-state index is 0.346. The number of aryl methyl sites for hydroxylation is 2. The molecule has 0 radical (unpaired) electrons. The average molecular weight is 401 g/mol. The molecule has 0 aliphatic rings. The van der Waals surface area contributed by atoms with E-state index in [2.05, 4.69) is 5.32 Å². The van der Waals surface area contributed by atoms with Gasteiger partial charge in [0.1, 0.15) is 22.9 Å². The van der Waals surface area contributed by atoms with Crippen LogP contribution in [0.25, 0.3) is 0 Å². The Morgan fingerprint density at radius 3 is 2.43 bits per heavy atom. The van der Waals surface area contributed by atoms with E-state index in [-0.39, 0.29) is 5.82 Å². The number of carbonyl (C=O) groups excluding carboxylic acids is 2. The van der Waals surface area contributed by atoms with Crippen molar-refractivity contribution >= 4 is 23.2 Å². The summed E-state index contributed by atoms with van der Waals surface area (Å²) >= 11 is 1.47. The summed E-state index contributed by atoms with van der Waals surface area (Å²) in [5, 5.41) is 4.74. The molecule has 28 heavy (non-hydrogen) atoms. The first-order chi connectivity index (χ1) is 13.4. The van der Waals surface area contributed by atoms with Crippen molar-refractivity contribution in [1.29, 1.82) is 0 Å². The van der Waals surface area contributed by atoms with E-state index in [0.29, 0.717) is 22.6 Å². The normalized spacial score (nSPS) is 11.9. The fourth-order valence-electron chi connectivity index (χ4n) is 2.93. The van der Waals surface area contributed by atoms with Crippen LogP contribution in [0.4, 0.5) is 4.39 Å². The summed E-state index contributed by atoms with van der Waals surface area (Å²) in [4.78, 5) is 25.6. The number of hydrogen-bond acceptors (Lipinski definition) is 5. The van der Waals surface area contributed by atoms with Gasteiger partial charge in [0.2, 0.25) is 0 Å². The number of furan rings is 1. The molecule has 3 aromatic rings. The monoisotopic (exact) mass is 401 g/mol.